The van der Waals surface area contributed by atoms with Gasteiger partial charge in [-0.05, 0) is 43.4 Å². The lowest BCUT2D eigenvalue weighted by Gasteiger charge is -2.08. The van der Waals surface area contributed by atoms with Gasteiger partial charge in [-0.25, -0.2) is 4.39 Å². The van der Waals surface area contributed by atoms with Crippen molar-refractivity contribution in [2.24, 2.45) is 5.92 Å². The SMILES string of the molecule is CC(=N)c1ccc(F)c(OCC2CC2)c1. The van der Waals surface area contributed by atoms with E-state index in [1.54, 1.807) is 19.1 Å². The Morgan fingerprint density at radius 2 is 2.27 bits per heavy atom. The van der Waals surface area contributed by atoms with Crippen LogP contribution >= 0.6 is 0 Å². The van der Waals surface area contributed by atoms with E-state index in [1.807, 2.05) is 0 Å². The Labute approximate surface area is 88.6 Å². The minimum absolute atomic E-state index is 0.269. The number of ether oxygens (including phenoxy) is 1. The maximum absolute atomic E-state index is 13.3. The minimum atomic E-state index is -0.347. The van der Waals surface area contributed by atoms with Crippen molar-refractivity contribution in [3.8, 4) is 5.75 Å². The van der Waals surface area contributed by atoms with Crippen LogP contribution < -0.4 is 4.74 Å². The van der Waals surface area contributed by atoms with E-state index in [9.17, 15) is 4.39 Å². The zero-order valence-electron chi connectivity index (χ0n) is 8.72. The molecule has 1 aliphatic carbocycles. The van der Waals surface area contributed by atoms with E-state index in [4.69, 9.17) is 10.1 Å². The van der Waals surface area contributed by atoms with Gasteiger partial charge in [-0.2, -0.15) is 0 Å². The monoisotopic (exact) mass is 207 g/mol. The third kappa shape index (κ3) is 2.55. The molecule has 15 heavy (non-hydrogen) atoms. The zero-order chi connectivity index (χ0) is 10.8. The maximum atomic E-state index is 13.3. The first-order valence-corrected chi connectivity index (χ1v) is 5.14. The molecular weight excluding hydrogens is 193 g/mol. The lowest BCUT2D eigenvalue weighted by atomic mass is 10.1. The van der Waals surface area contributed by atoms with Crippen LogP contribution in [0.1, 0.15) is 25.3 Å². The molecule has 0 radical (unpaired) electrons. The molecule has 0 saturated heterocycles. The summed E-state index contributed by atoms with van der Waals surface area (Å²) in [5.41, 5.74) is 1.13. The lowest BCUT2D eigenvalue weighted by molar-refractivity contribution is 0.285. The van der Waals surface area contributed by atoms with Crippen molar-refractivity contribution in [3.05, 3.63) is 29.6 Å². The van der Waals surface area contributed by atoms with Gasteiger partial charge in [0.25, 0.3) is 0 Å². The third-order valence-electron chi connectivity index (χ3n) is 2.54. The van der Waals surface area contributed by atoms with Crippen LogP contribution in [0, 0.1) is 17.1 Å². The molecule has 0 atom stereocenters. The molecule has 2 rings (SSSR count). The molecule has 1 aromatic rings. The molecule has 1 aliphatic rings. The number of nitrogens with one attached hydrogen (secondary N) is 1. The standard InChI is InChI=1S/C12H14FNO/c1-8(14)10-4-5-11(13)12(6-10)15-7-9-2-3-9/h4-6,9,14H,2-3,7H2,1H3. The van der Waals surface area contributed by atoms with E-state index in [1.165, 1.54) is 18.9 Å². The topological polar surface area (TPSA) is 33.1 Å². The first kappa shape index (κ1) is 10.1. The molecule has 2 nitrogen and oxygen atoms in total. The molecule has 0 amide bonds. The third-order valence-corrected chi connectivity index (χ3v) is 2.54. The fourth-order valence-corrected chi connectivity index (χ4v) is 1.34. The van der Waals surface area contributed by atoms with Crippen LogP contribution in [0.5, 0.6) is 5.75 Å². The number of halogens is 1. The highest BCUT2D eigenvalue weighted by atomic mass is 19.1. The van der Waals surface area contributed by atoms with E-state index in [0.29, 0.717) is 23.8 Å². The molecule has 0 spiro atoms. The average Bonchev–Trinajstić information content (AvgIpc) is 3.00. The van der Waals surface area contributed by atoms with Gasteiger partial charge >= 0.3 is 0 Å². The summed E-state index contributed by atoms with van der Waals surface area (Å²) in [6.45, 7) is 2.27. The largest absolute Gasteiger partial charge is 0.490 e. The van der Waals surface area contributed by atoms with Crippen molar-refractivity contribution in [2.45, 2.75) is 19.8 Å². The number of benzene rings is 1. The van der Waals surface area contributed by atoms with Crippen LogP contribution in [0.25, 0.3) is 0 Å². The Kier molecular flexibility index (Phi) is 2.71. The van der Waals surface area contributed by atoms with Crippen molar-refractivity contribution in [3.63, 3.8) is 0 Å². The molecule has 0 aromatic heterocycles. The smallest absolute Gasteiger partial charge is 0.165 e. The fraction of sp³-hybridized carbons (Fsp3) is 0.417. The van der Waals surface area contributed by atoms with Crippen molar-refractivity contribution in [2.75, 3.05) is 6.61 Å². The van der Waals surface area contributed by atoms with E-state index in [2.05, 4.69) is 0 Å². The first-order chi connectivity index (χ1) is 7.16. The van der Waals surface area contributed by atoms with Crippen LogP contribution in [0.4, 0.5) is 4.39 Å². The Hall–Kier alpha value is -1.38. The summed E-state index contributed by atoms with van der Waals surface area (Å²) in [4.78, 5) is 0. The van der Waals surface area contributed by atoms with E-state index < -0.39 is 0 Å². The van der Waals surface area contributed by atoms with Gasteiger partial charge in [0.2, 0.25) is 0 Å². The molecule has 0 bridgehead atoms. The van der Waals surface area contributed by atoms with Gasteiger partial charge in [-0.1, -0.05) is 6.07 Å². The minimum Gasteiger partial charge on any atom is -0.490 e. The van der Waals surface area contributed by atoms with Crippen LogP contribution in [0.3, 0.4) is 0 Å². The number of rotatable bonds is 4. The molecule has 1 N–H and O–H groups in total. The van der Waals surface area contributed by atoms with E-state index in [-0.39, 0.29) is 11.6 Å². The van der Waals surface area contributed by atoms with Crippen LogP contribution in [-0.2, 0) is 0 Å². The van der Waals surface area contributed by atoms with Gasteiger partial charge in [0.05, 0.1) is 6.61 Å². The molecule has 0 heterocycles. The molecule has 1 saturated carbocycles. The summed E-state index contributed by atoms with van der Waals surface area (Å²) in [6, 6.07) is 4.55. The number of hydrogen-bond donors (Lipinski definition) is 1. The molecule has 0 unspecified atom stereocenters. The maximum Gasteiger partial charge on any atom is 0.165 e. The second kappa shape index (κ2) is 4.01. The average molecular weight is 207 g/mol. The fourth-order valence-electron chi connectivity index (χ4n) is 1.34. The van der Waals surface area contributed by atoms with E-state index >= 15 is 0 Å². The highest BCUT2D eigenvalue weighted by molar-refractivity contribution is 5.96. The summed E-state index contributed by atoms with van der Waals surface area (Å²) < 4.78 is 18.7. The van der Waals surface area contributed by atoms with Crippen molar-refractivity contribution < 1.29 is 9.13 Å². The van der Waals surface area contributed by atoms with Gasteiger partial charge < -0.3 is 10.1 Å². The lowest BCUT2D eigenvalue weighted by Crippen LogP contribution is -2.02. The van der Waals surface area contributed by atoms with Gasteiger partial charge in [-0.15, -0.1) is 0 Å². The second-order valence-corrected chi connectivity index (χ2v) is 4.02. The van der Waals surface area contributed by atoms with Crippen LogP contribution in [0.15, 0.2) is 18.2 Å². The van der Waals surface area contributed by atoms with Crippen molar-refractivity contribution >= 4 is 5.71 Å². The zero-order valence-corrected chi connectivity index (χ0v) is 8.72. The predicted molar refractivity (Wildman–Crippen MR) is 57.1 cm³/mol. The summed E-state index contributed by atoms with van der Waals surface area (Å²) >= 11 is 0. The summed E-state index contributed by atoms with van der Waals surface area (Å²) in [6.07, 6.45) is 2.37. The summed E-state index contributed by atoms with van der Waals surface area (Å²) in [7, 11) is 0. The highest BCUT2D eigenvalue weighted by Gasteiger charge is 2.22. The van der Waals surface area contributed by atoms with E-state index in [0.717, 1.165) is 0 Å². The molecule has 1 fully saturated rings. The van der Waals surface area contributed by atoms with Crippen LogP contribution in [0.2, 0.25) is 0 Å². The Balaban J connectivity index is 2.12. The molecule has 0 aliphatic heterocycles. The second-order valence-electron chi connectivity index (χ2n) is 4.02. The van der Waals surface area contributed by atoms with Crippen LogP contribution in [-0.4, -0.2) is 12.3 Å². The molecule has 80 valence electrons. The molecule has 3 heteroatoms. The normalized spacial score (nSPS) is 15.1. The van der Waals surface area contributed by atoms with Crippen molar-refractivity contribution in [1.82, 2.24) is 0 Å². The van der Waals surface area contributed by atoms with Gasteiger partial charge in [0.1, 0.15) is 0 Å². The quantitative estimate of drug-likeness (QED) is 0.756. The predicted octanol–water partition coefficient (Wildman–Crippen LogP) is 3.00. The highest BCUT2D eigenvalue weighted by Crippen LogP contribution is 2.30. The molecule has 1 aromatic carbocycles. The van der Waals surface area contributed by atoms with Gasteiger partial charge in [0, 0.05) is 5.71 Å². The van der Waals surface area contributed by atoms with Gasteiger partial charge in [-0.3, -0.25) is 0 Å². The Morgan fingerprint density at radius 1 is 1.53 bits per heavy atom. The number of hydrogen-bond acceptors (Lipinski definition) is 2. The molecular formula is C12H14FNO. The van der Waals surface area contributed by atoms with Gasteiger partial charge in [0.15, 0.2) is 11.6 Å². The summed E-state index contributed by atoms with van der Waals surface area (Å²) in [5, 5.41) is 7.45. The van der Waals surface area contributed by atoms with Crippen molar-refractivity contribution in [1.29, 1.82) is 5.41 Å². The summed E-state index contributed by atoms with van der Waals surface area (Å²) in [5.74, 6) is 0.529. The first-order valence-electron chi connectivity index (χ1n) is 5.14. The Morgan fingerprint density at radius 3 is 2.87 bits per heavy atom. The Bertz CT molecular complexity index is 385.